The van der Waals surface area contributed by atoms with Crippen molar-refractivity contribution < 1.29 is 14.3 Å². The number of nitrogens with one attached hydrogen (secondary N) is 1. The average Bonchev–Trinajstić information content (AvgIpc) is 3.13. The molecule has 0 saturated heterocycles. The topological polar surface area (TPSA) is 55.4 Å². The fourth-order valence-electron chi connectivity index (χ4n) is 3.76. The van der Waals surface area contributed by atoms with Crippen LogP contribution in [0.2, 0.25) is 0 Å². The maximum Gasteiger partial charge on any atom is 0.328 e. The molecule has 1 amide bonds. The second-order valence-electron chi connectivity index (χ2n) is 6.84. The number of carbonyl (C=O) groups is 2. The highest BCUT2D eigenvalue weighted by atomic mass is 16.5. The van der Waals surface area contributed by atoms with Crippen LogP contribution in [0.5, 0.6) is 0 Å². The lowest BCUT2D eigenvalue weighted by molar-refractivity contribution is -0.145. The molecule has 0 aromatic heterocycles. The molecule has 0 radical (unpaired) electrons. The number of amides is 1. The number of hydrogen-bond acceptors (Lipinski definition) is 3. The Bertz CT molecular complexity index is 744. The number of fused-ring (bicyclic) bond motifs is 1. The lowest BCUT2D eigenvalue weighted by Gasteiger charge is -2.19. The van der Waals surface area contributed by atoms with E-state index in [0.29, 0.717) is 18.8 Å². The van der Waals surface area contributed by atoms with Gasteiger partial charge < -0.3 is 10.1 Å². The van der Waals surface area contributed by atoms with Crippen LogP contribution in [-0.2, 0) is 20.7 Å². The molecule has 25 heavy (non-hydrogen) atoms. The molecule has 1 N–H and O–H groups in total. The Kier molecular flexibility index (Phi) is 5.69. The summed E-state index contributed by atoms with van der Waals surface area (Å²) in [6, 6.07) is 13.4. The Labute approximate surface area is 148 Å². The summed E-state index contributed by atoms with van der Waals surface area (Å²) in [5.74, 6) is 0.00564. The van der Waals surface area contributed by atoms with Crippen LogP contribution < -0.4 is 5.32 Å². The summed E-state index contributed by atoms with van der Waals surface area (Å²) in [5, 5.41) is 5.12. The van der Waals surface area contributed by atoms with Gasteiger partial charge in [-0.3, -0.25) is 4.79 Å². The third-order valence-corrected chi connectivity index (χ3v) is 5.07. The van der Waals surface area contributed by atoms with E-state index in [4.69, 9.17) is 4.74 Å². The number of carbonyl (C=O) groups excluding carboxylic acids is 2. The molecule has 0 heterocycles. The van der Waals surface area contributed by atoms with Crippen molar-refractivity contribution in [1.82, 2.24) is 5.32 Å². The van der Waals surface area contributed by atoms with Gasteiger partial charge >= 0.3 is 5.97 Å². The van der Waals surface area contributed by atoms with Gasteiger partial charge in [0.2, 0.25) is 5.91 Å². The Balaban J connectivity index is 1.74. The van der Waals surface area contributed by atoms with Crippen LogP contribution in [-0.4, -0.2) is 25.0 Å². The molecule has 1 fully saturated rings. The molecule has 1 aliphatic rings. The first-order valence-electron chi connectivity index (χ1n) is 9.01. The van der Waals surface area contributed by atoms with Gasteiger partial charge in [-0.25, -0.2) is 4.79 Å². The van der Waals surface area contributed by atoms with E-state index in [2.05, 4.69) is 5.32 Å². The second-order valence-corrected chi connectivity index (χ2v) is 6.84. The van der Waals surface area contributed by atoms with Crippen LogP contribution >= 0.6 is 0 Å². The van der Waals surface area contributed by atoms with E-state index in [1.165, 1.54) is 20.0 Å². The molecule has 0 spiro atoms. The predicted octanol–water partition coefficient (Wildman–Crippen LogP) is 3.62. The first-order chi connectivity index (χ1) is 12.2. The van der Waals surface area contributed by atoms with E-state index >= 15 is 0 Å². The van der Waals surface area contributed by atoms with Gasteiger partial charge in [0, 0.05) is 12.8 Å². The van der Waals surface area contributed by atoms with Crippen LogP contribution in [0.4, 0.5) is 0 Å². The largest absolute Gasteiger partial charge is 0.467 e. The van der Waals surface area contributed by atoms with Crippen molar-refractivity contribution in [2.24, 2.45) is 5.92 Å². The number of benzene rings is 2. The molecule has 2 aromatic rings. The average molecular weight is 339 g/mol. The minimum absolute atomic E-state index is 0.0532. The van der Waals surface area contributed by atoms with Crippen LogP contribution in [0.3, 0.4) is 0 Å². The van der Waals surface area contributed by atoms with Gasteiger partial charge in [0.25, 0.3) is 0 Å². The summed E-state index contributed by atoms with van der Waals surface area (Å²) in [5.41, 5.74) is 1.04. The van der Waals surface area contributed by atoms with E-state index in [0.717, 1.165) is 29.2 Å². The lowest BCUT2D eigenvalue weighted by Crippen LogP contribution is -2.43. The fourth-order valence-corrected chi connectivity index (χ4v) is 3.76. The molecule has 132 valence electrons. The minimum Gasteiger partial charge on any atom is -0.467 e. The first kappa shape index (κ1) is 17.5. The molecule has 0 unspecified atom stereocenters. The van der Waals surface area contributed by atoms with Crippen molar-refractivity contribution in [3.8, 4) is 0 Å². The van der Waals surface area contributed by atoms with E-state index in [1.807, 2.05) is 42.5 Å². The molecule has 3 rings (SSSR count). The molecule has 1 atom stereocenters. The number of esters is 1. The third-order valence-electron chi connectivity index (χ3n) is 5.07. The number of rotatable bonds is 6. The minimum atomic E-state index is -0.648. The standard InChI is InChI=1S/C21H25NO3/c1-25-21(24)19(22-20(23)13-15-7-2-3-8-15)14-17-11-6-10-16-9-4-5-12-18(16)17/h4-6,9-12,15,19H,2-3,7-8,13-14H2,1H3,(H,22,23)/t19-/m0/s1. The van der Waals surface area contributed by atoms with Crippen LogP contribution in [0.15, 0.2) is 42.5 Å². The molecule has 2 aromatic carbocycles. The zero-order valence-electron chi connectivity index (χ0n) is 14.7. The zero-order valence-corrected chi connectivity index (χ0v) is 14.7. The summed E-state index contributed by atoms with van der Waals surface area (Å²) in [6.07, 6.45) is 5.56. The maximum atomic E-state index is 12.4. The quantitative estimate of drug-likeness (QED) is 0.818. The van der Waals surface area contributed by atoms with Gasteiger partial charge in [-0.05, 0) is 35.1 Å². The maximum absolute atomic E-state index is 12.4. The fraction of sp³-hybridized carbons (Fsp3) is 0.429. The highest BCUT2D eigenvalue weighted by molar-refractivity contribution is 5.88. The SMILES string of the molecule is COC(=O)[C@H](Cc1cccc2ccccc12)NC(=O)CC1CCCC1. The second kappa shape index (κ2) is 8.15. The number of methoxy groups -OCH3 is 1. The van der Waals surface area contributed by atoms with Gasteiger partial charge in [0.15, 0.2) is 0 Å². The first-order valence-corrected chi connectivity index (χ1v) is 9.01. The summed E-state index contributed by atoms with van der Waals surface area (Å²) in [6.45, 7) is 0. The highest BCUT2D eigenvalue weighted by Crippen LogP contribution is 2.27. The van der Waals surface area contributed by atoms with Crippen molar-refractivity contribution >= 4 is 22.6 Å². The summed E-state index contributed by atoms with van der Waals surface area (Å²) >= 11 is 0. The van der Waals surface area contributed by atoms with Gasteiger partial charge in [0.1, 0.15) is 6.04 Å². The molecule has 4 nitrogen and oxygen atoms in total. The van der Waals surface area contributed by atoms with E-state index in [9.17, 15) is 9.59 Å². The summed E-state index contributed by atoms with van der Waals surface area (Å²) in [4.78, 5) is 24.6. The van der Waals surface area contributed by atoms with Crippen molar-refractivity contribution in [3.63, 3.8) is 0 Å². The molecule has 4 heteroatoms. The monoisotopic (exact) mass is 339 g/mol. The molecular formula is C21H25NO3. The smallest absolute Gasteiger partial charge is 0.328 e. The summed E-state index contributed by atoms with van der Waals surface area (Å²) in [7, 11) is 1.36. The van der Waals surface area contributed by atoms with Gasteiger partial charge in [-0.2, -0.15) is 0 Å². The summed E-state index contributed by atoms with van der Waals surface area (Å²) < 4.78 is 4.91. The van der Waals surface area contributed by atoms with E-state index in [-0.39, 0.29) is 5.91 Å². The van der Waals surface area contributed by atoms with Crippen LogP contribution in [0.25, 0.3) is 10.8 Å². The van der Waals surface area contributed by atoms with E-state index in [1.54, 1.807) is 0 Å². The number of ether oxygens (including phenoxy) is 1. The van der Waals surface area contributed by atoms with Crippen molar-refractivity contribution in [3.05, 3.63) is 48.0 Å². The van der Waals surface area contributed by atoms with Crippen LogP contribution in [0, 0.1) is 5.92 Å². The zero-order chi connectivity index (χ0) is 17.6. The molecular weight excluding hydrogens is 314 g/mol. The Morgan fingerprint density at radius 2 is 1.84 bits per heavy atom. The normalized spacial score (nSPS) is 15.9. The van der Waals surface area contributed by atoms with Crippen LogP contribution in [0.1, 0.15) is 37.7 Å². The Hall–Kier alpha value is -2.36. The van der Waals surface area contributed by atoms with E-state index < -0.39 is 12.0 Å². The molecule has 1 saturated carbocycles. The lowest BCUT2D eigenvalue weighted by atomic mass is 9.98. The molecule has 0 aliphatic heterocycles. The van der Waals surface area contributed by atoms with Gasteiger partial charge in [-0.1, -0.05) is 55.3 Å². The van der Waals surface area contributed by atoms with Gasteiger partial charge in [-0.15, -0.1) is 0 Å². The Morgan fingerprint density at radius 3 is 2.60 bits per heavy atom. The molecule has 0 bridgehead atoms. The van der Waals surface area contributed by atoms with Crippen molar-refractivity contribution in [2.75, 3.05) is 7.11 Å². The predicted molar refractivity (Wildman–Crippen MR) is 98.2 cm³/mol. The highest BCUT2D eigenvalue weighted by Gasteiger charge is 2.25. The van der Waals surface area contributed by atoms with Crippen molar-refractivity contribution in [1.29, 1.82) is 0 Å². The van der Waals surface area contributed by atoms with Crippen molar-refractivity contribution in [2.45, 2.75) is 44.6 Å². The van der Waals surface area contributed by atoms with Gasteiger partial charge in [0.05, 0.1) is 7.11 Å². The molecule has 1 aliphatic carbocycles. The number of hydrogen-bond donors (Lipinski definition) is 1. The third kappa shape index (κ3) is 4.38. The Morgan fingerprint density at radius 1 is 1.12 bits per heavy atom.